The molecule has 0 aliphatic rings. The number of phosphoric ester groups is 1. The van der Waals surface area contributed by atoms with Gasteiger partial charge in [0.05, 0.1) is 11.2 Å². The summed E-state index contributed by atoms with van der Waals surface area (Å²) in [6.07, 6.45) is 0. The lowest BCUT2D eigenvalue weighted by atomic mass is 10.2. The molecule has 92 valence electrons. The predicted octanol–water partition coefficient (Wildman–Crippen LogP) is 4.09. The average Bonchev–Trinajstić information content (AvgIpc) is 1.74. The van der Waals surface area contributed by atoms with Crippen LogP contribution in [0, 0.1) is 0 Å². The molecule has 6 heteroatoms. The van der Waals surface area contributed by atoms with Crippen LogP contribution in [0.1, 0.15) is 41.5 Å². The molecule has 0 saturated heterocycles. The summed E-state index contributed by atoms with van der Waals surface area (Å²) in [5, 5.41) is 0. The van der Waals surface area contributed by atoms with Gasteiger partial charge >= 0.3 is 7.82 Å². The lowest BCUT2D eigenvalue weighted by Gasteiger charge is -2.30. The van der Waals surface area contributed by atoms with E-state index < -0.39 is 19.0 Å². The second-order valence-electron chi connectivity index (χ2n) is 5.09. The van der Waals surface area contributed by atoms with Gasteiger partial charge in [-0.3, -0.25) is 13.6 Å². The Kier molecular flexibility index (Phi) is 5.49. The van der Waals surface area contributed by atoms with Gasteiger partial charge in [0.2, 0.25) is 0 Å². The molecule has 0 rings (SSSR count). The second-order valence-corrected chi connectivity index (χ2v) is 7.07. The first-order valence-corrected chi connectivity index (χ1v) is 7.28. The summed E-state index contributed by atoms with van der Waals surface area (Å²) in [4.78, 5) is 0. The summed E-state index contributed by atoms with van der Waals surface area (Å²) in [5.74, 6) is 0. The maximum absolute atomic E-state index is 12.1. The third-order valence-corrected chi connectivity index (χ3v) is 3.55. The summed E-state index contributed by atoms with van der Waals surface area (Å²) >= 11 is 3.05. The van der Waals surface area contributed by atoms with E-state index in [1.165, 1.54) is 0 Å². The van der Waals surface area contributed by atoms with Crippen molar-refractivity contribution in [3.63, 3.8) is 0 Å². The van der Waals surface area contributed by atoms with Crippen LogP contribution >= 0.6 is 23.8 Å². The van der Waals surface area contributed by atoms with Gasteiger partial charge in [-0.1, -0.05) is 15.9 Å². The Bertz CT molecular complexity index is 221. The van der Waals surface area contributed by atoms with Crippen molar-refractivity contribution in [3.05, 3.63) is 0 Å². The highest BCUT2D eigenvalue weighted by molar-refractivity contribution is 9.09. The van der Waals surface area contributed by atoms with Gasteiger partial charge in [-0.25, -0.2) is 4.57 Å². The minimum Gasteiger partial charge on any atom is -0.281 e. The van der Waals surface area contributed by atoms with Crippen LogP contribution in [0.5, 0.6) is 0 Å². The molecule has 0 aromatic rings. The number of alkyl halides is 1. The highest BCUT2D eigenvalue weighted by Crippen LogP contribution is 2.55. The smallest absolute Gasteiger partial charge is 0.281 e. The van der Waals surface area contributed by atoms with Gasteiger partial charge in [0.1, 0.15) is 5.52 Å². The highest BCUT2D eigenvalue weighted by atomic mass is 79.9. The van der Waals surface area contributed by atoms with E-state index in [9.17, 15) is 4.57 Å². The number of hydrogen-bond donors (Lipinski definition) is 0. The van der Waals surface area contributed by atoms with Gasteiger partial charge in [-0.05, 0) is 41.5 Å². The molecule has 0 fully saturated rings. The van der Waals surface area contributed by atoms with Crippen LogP contribution in [0.3, 0.4) is 0 Å². The van der Waals surface area contributed by atoms with E-state index in [1.54, 1.807) is 41.5 Å². The Hall–Kier alpha value is 0.590. The van der Waals surface area contributed by atoms with Crippen LogP contribution in [-0.4, -0.2) is 16.7 Å². The van der Waals surface area contributed by atoms with E-state index >= 15 is 0 Å². The zero-order valence-electron chi connectivity index (χ0n) is 10.2. The van der Waals surface area contributed by atoms with Crippen molar-refractivity contribution in [1.82, 2.24) is 0 Å². The molecule has 0 amide bonds. The molecule has 0 heterocycles. The molecule has 15 heavy (non-hydrogen) atoms. The number of hydrogen-bond acceptors (Lipinski definition) is 4. The molecule has 0 aliphatic carbocycles. The van der Waals surface area contributed by atoms with Crippen LogP contribution in [0.2, 0.25) is 0 Å². The van der Waals surface area contributed by atoms with Gasteiger partial charge in [-0.2, -0.15) is 0 Å². The Balaban J connectivity index is 4.68. The van der Waals surface area contributed by atoms with E-state index in [1.807, 2.05) is 0 Å². The van der Waals surface area contributed by atoms with Gasteiger partial charge in [-0.15, -0.1) is 0 Å². The summed E-state index contributed by atoms with van der Waals surface area (Å²) in [6, 6.07) is 0. The van der Waals surface area contributed by atoms with Gasteiger partial charge in [0.25, 0.3) is 0 Å². The Morgan fingerprint density at radius 1 is 1.00 bits per heavy atom. The van der Waals surface area contributed by atoms with Crippen LogP contribution in [-0.2, 0) is 18.1 Å². The Morgan fingerprint density at radius 2 is 1.33 bits per heavy atom. The van der Waals surface area contributed by atoms with Crippen molar-refractivity contribution in [2.24, 2.45) is 0 Å². The average molecular weight is 303 g/mol. The fourth-order valence-corrected chi connectivity index (χ4v) is 3.16. The van der Waals surface area contributed by atoms with Crippen molar-refractivity contribution < 1.29 is 18.1 Å². The fraction of sp³-hybridized carbons (Fsp3) is 1.00. The maximum atomic E-state index is 12.1. The molecular formula is C9H20BrO4P. The molecule has 0 aromatic heterocycles. The largest absolute Gasteiger partial charge is 0.476 e. The van der Waals surface area contributed by atoms with E-state index in [4.69, 9.17) is 13.6 Å². The first-order valence-electron chi connectivity index (χ1n) is 4.69. The van der Waals surface area contributed by atoms with Crippen LogP contribution in [0.25, 0.3) is 0 Å². The Labute approximate surface area is 100 Å². The monoisotopic (exact) mass is 302 g/mol. The van der Waals surface area contributed by atoms with E-state index in [-0.39, 0.29) is 5.52 Å². The minimum absolute atomic E-state index is 0.108. The minimum atomic E-state index is -3.51. The van der Waals surface area contributed by atoms with Gasteiger partial charge < -0.3 is 0 Å². The van der Waals surface area contributed by atoms with Gasteiger partial charge in [0, 0.05) is 0 Å². The van der Waals surface area contributed by atoms with Crippen molar-refractivity contribution >= 4 is 23.8 Å². The zero-order valence-corrected chi connectivity index (χ0v) is 12.6. The topological polar surface area (TPSA) is 44.8 Å². The lowest BCUT2D eigenvalue weighted by Crippen LogP contribution is -2.24. The standard InChI is InChI=1S/C9H20BrO4P/c1-8(2,3)13-15(11,12-7-10)14-9(4,5)6/h7H2,1-6H3. The molecular weight excluding hydrogens is 283 g/mol. The molecule has 0 unspecified atom stereocenters. The molecule has 0 spiro atoms. The third kappa shape index (κ3) is 8.40. The molecule has 0 radical (unpaired) electrons. The normalized spacial score (nSPS) is 14.3. The first kappa shape index (κ1) is 15.6. The maximum Gasteiger partial charge on any atom is 0.476 e. The fourth-order valence-electron chi connectivity index (χ4n) is 0.802. The summed E-state index contributed by atoms with van der Waals surface area (Å²) in [6.45, 7) is 10.8. The number of phosphoric acid groups is 1. The zero-order chi connectivity index (χ0) is 12.3. The highest BCUT2D eigenvalue weighted by Gasteiger charge is 2.36. The van der Waals surface area contributed by atoms with Crippen LogP contribution in [0.15, 0.2) is 0 Å². The first-order chi connectivity index (χ1) is 6.47. The summed E-state index contributed by atoms with van der Waals surface area (Å²) in [7, 11) is -3.51. The molecule has 0 bridgehead atoms. The van der Waals surface area contributed by atoms with Crippen molar-refractivity contribution in [3.8, 4) is 0 Å². The van der Waals surface area contributed by atoms with Gasteiger partial charge in [0.15, 0.2) is 0 Å². The second kappa shape index (κ2) is 5.28. The van der Waals surface area contributed by atoms with E-state index in [2.05, 4.69) is 15.9 Å². The van der Waals surface area contributed by atoms with Crippen molar-refractivity contribution in [2.45, 2.75) is 52.7 Å². The molecule has 4 nitrogen and oxygen atoms in total. The quantitative estimate of drug-likeness (QED) is 0.579. The summed E-state index contributed by atoms with van der Waals surface area (Å²) in [5.41, 5.74) is -1.05. The molecule has 0 aliphatic heterocycles. The van der Waals surface area contributed by atoms with Crippen LogP contribution < -0.4 is 0 Å². The molecule has 0 saturated carbocycles. The van der Waals surface area contributed by atoms with Crippen molar-refractivity contribution in [1.29, 1.82) is 0 Å². The molecule has 0 aromatic carbocycles. The molecule has 0 atom stereocenters. The number of halogens is 1. The summed E-state index contributed by atoms with van der Waals surface area (Å²) < 4.78 is 27.8. The number of rotatable bonds is 4. The van der Waals surface area contributed by atoms with Crippen molar-refractivity contribution in [2.75, 3.05) is 5.52 Å². The van der Waals surface area contributed by atoms with E-state index in [0.29, 0.717) is 0 Å². The van der Waals surface area contributed by atoms with Crippen LogP contribution in [0.4, 0.5) is 0 Å². The molecule has 0 N–H and O–H groups in total. The predicted molar refractivity (Wildman–Crippen MR) is 64.2 cm³/mol. The Morgan fingerprint density at radius 3 is 1.53 bits per heavy atom. The SMILES string of the molecule is CC(C)(C)OP(=O)(OCBr)OC(C)(C)C. The van der Waals surface area contributed by atoms with E-state index in [0.717, 1.165) is 0 Å². The third-order valence-electron chi connectivity index (χ3n) is 0.978. The lowest BCUT2D eigenvalue weighted by molar-refractivity contribution is 0.00939.